The molecule has 4 N–H and O–H groups in total. The van der Waals surface area contributed by atoms with Crippen molar-refractivity contribution in [3.8, 4) is 0 Å². The molecule has 2 aromatic heterocycles. The second-order valence-electron chi connectivity index (χ2n) is 7.32. The summed E-state index contributed by atoms with van der Waals surface area (Å²) in [5.41, 5.74) is 6.45. The van der Waals surface area contributed by atoms with Crippen LogP contribution in [0.25, 0.3) is 10.9 Å². The Hall–Kier alpha value is -3.17. The zero-order valence-electron chi connectivity index (χ0n) is 16.9. The molecule has 1 fully saturated rings. The van der Waals surface area contributed by atoms with Crippen molar-refractivity contribution in [2.24, 2.45) is 5.73 Å². The molecule has 3 aromatic rings. The summed E-state index contributed by atoms with van der Waals surface area (Å²) in [4.78, 5) is 30.8. The number of nitrogens with two attached hydrogens (primary N) is 1. The van der Waals surface area contributed by atoms with E-state index in [1.165, 1.54) is 24.4 Å². The van der Waals surface area contributed by atoms with Gasteiger partial charge in [0.1, 0.15) is 5.69 Å². The number of primary amides is 1. The third-order valence-corrected chi connectivity index (χ3v) is 5.14. The highest BCUT2D eigenvalue weighted by Crippen LogP contribution is 2.27. The number of nitrogens with zero attached hydrogens (tertiary/aromatic N) is 1. The van der Waals surface area contributed by atoms with E-state index in [9.17, 15) is 18.4 Å². The number of fused-ring (bicyclic) bond motifs is 1. The predicted octanol–water partition coefficient (Wildman–Crippen LogP) is 2.76. The fourth-order valence-corrected chi connectivity index (χ4v) is 3.43. The van der Waals surface area contributed by atoms with Crippen molar-refractivity contribution >= 4 is 16.8 Å². The fraction of sp³-hybridized carbons (Fsp3) is 0.318. The lowest BCUT2D eigenvalue weighted by Gasteiger charge is -2.27. The lowest BCUT2D eigenvalue weighted by Crippen LogP contribution is -2.24. The van der Waals surface area contributed by atoms with Gasteiger partial charge >= 0.3 is 0 Å². The zero-order valence-corrected chi connectivity index (χ0v) is 16.9. The lowest BCUT2D eigenvalue weighted by atomic mass is 9.95. The van der Waals surface area contributed by atoms with Gasteiger partial charge in [-0.2, -0.15) is 0 Å². The van der Waals surface area contributed by atoms with Crippen molar-refractivity contribution in [2.45, 2.75) is 38.4 Å². The SMILES string of the molecule is CC1CCC(c2cc(=O)c3c(C(N)=O)nccc3[nH]2)CO1.OCc1cccc(F)c1F. The van der Waals surface area contributed by atoms with Crippen LogP contribution in [-0.4, -0.2) is 33.7 Å². The van der Waals surface area contributed by atoms with Crippen LogP contribution in [0.2, 0.25) is 0 Å². The Morgan fingerprint density at radius 2 is 2.10 bits per heavy atom. The van der Waals surface area contributed by atoms with E-state index < -0.39 is 24.1 Å². The molecule has 0 saturated carbocycles. The number of nitrogens with one attached hydrogen (secondary N) is 1. The number of hydrogen-bond donors (Lipinski definition) is 3. The summed E-state index contributed by atoms with van der Waals surface area (Å²) in [5.74, 6) is -2.42. The number of aliphatic hydroxyl groups is 1. The predicted molar refractivity (Wildman–Crippen MR) is 111 cm³/mol. The normalized spacial score (nSPS) is 18.3. The molecule has 0 bridgehead atoms. The second-order valence-corrected chi connectivity index (χ2v) is 7.32. The maximum absolute atomic E-state index is 12.5. The molecule has 2 unspecified atom stereocenters. The molecule has 9 heteroatoms. The van der Waals surface area contributed by atoms with Gasteiger partial charge < -0.3 is 20.6 Å². The number of carbonyl (C=O) groups excluding carboxylic acids is 1. The highest BCUT2D eigenvalue weighted by atomic mass is 19.2. The average molecular weight is 431 g/mol. The number of hydrogen-bond acceptors (Lipinski definition) is 5. The fourth-order valence-electron chi connectivity index (χ4n) is 3.43. The summed E-state index contributed by atoms with van der Waals surface area (Å²) >= 11 is 0. The summed E-state index contributed by atoms with van der Waals surface area (Å²) < 4.78 is 30.4. The Kier molecular flexibility index (Phi) is 7.09. The van der Waals surface area contributed by atoms with Crippen LogP contribution in [0.3, 0.4) is 0 Å². The highest BCUT2D eigenvalue weighted by molar-refractivity contribution is 6.03. The first-order valence-corrected chi connectivity index (χ1v) is 9.78. The Bertz CT molecular complexity index is 1140. The number of aromatic amines is 1. The van der Waals surface area contributed by atoms with Crippen LogP contribution >= 0.6 is 0 Å². The van der Waals surface area contributed by atoms with Crippen molar-refractivity contribution in [3.63, 3.8) is 0 Å². The molecule has 0 radical (unpaired) electrons. The molecule has 1 amide bonds. The van der Waals surface area contributed by atoms with Gasteiger partial charge in [-0.05, 0) is 31.9 Å². The highest BCUT2D eigenvalue weighted by Gasteiger charge is 2.22. The number of ether oxygens (including phenoxy) is 1. The van der Waals surface area contributed by atoms with Gasteiger partial charge in [0, 0.05) is 29.4 Å². The third-order valence-electron chi connectivity index (χ3n) is 5.14. The molecule has 1 saturated heterocycles. The molecule has 4 rings (SSSR count). The number of aliphatic hydroxyl groups excluding tert-OH is 1. The van der Waals surface area contributed by atoms with Crippen LogP contribution in [0.4, 0.5) is 8.78 Å². The molecule has 164 valence electrons. The minimum atomic E-state index is -0.968. The average Bonchev–Trinajstić information content (AvgIpc) is 2.76. The first-order chi connectivity index (χ1) is 14.8. The summed E-state index contributed by atoms with van der Waals surface area (Å²) in [6.07, 6.45) is 3.67. The number of amides is 1. The monoisotopic (exact) mass is 431 g/mol. The van der Waals surface area contributed by atoms with Crippen molar-refractivity contribution in [1.82, 2.24) is 9.97 Å². The van der Waals surface area contributed by atoms with Gasteiger partial charge in [0.05, 0.1) is 30.2 Å². The molecule has 1 aliphatic heterocycles. The van der Waals surface area contributed by atoms with E-state index in [4.69, 9.17) is 15.6 Å². The van der Waals surface area contributed by atoms with E-state index in [2.05, 4.69) is 9.97 Å². The minimum absolute atomic E-state index is 0.00816. The van der Waals surface area contributed by atoms with Crippen LogP contribution in [0, 0.1) is 11.6 Å². The van der Waals surface area contributed by atoms with Gasteiger partial charge in [-0.15, -0.1) is 0 Å². The number of halogens is 2. The van der Waals surface area contributed by atoms with Crippen LogP contribution in [0.1, 0.15) is 47.4 Å². The van der Waals surface area contributed by atoms with E-state index in [1.807, 2.05) is 6.92 Å². The Morgan fingerprint density at radius 1 is 1.32 bits per heavy atom. The van der Waals surface area contributed by atoms with Crippen molar-refractivity contribution in [2.75, 3.05) is 6.61 Å². The first kappa shape index (κ1) is 22.5. The minimum Gasteiger partial charge on any atom is -0.392 e. The molecule has 0 spiro atoms. The van der Waals surface area contributed by atoms with E-state index in [1.54, 1.807) is 6.07 Å². The molecular formula is C22H23F2N3O4. The van der Waals surface area contributed by atoms with Gasteiger partial charge in [-0.25, -0.2) is 8.78 Å². The summed E-state index contributed by atoms with van der Waals surface area (Å²) in [7, 11) is 0. The largest absolute Gasteiger partial charge is 0.392 e. The second kappa shape index (κ2) is 9.76. The number of rotatable bonds is 3. The van der Waals surface area contributed by atoms with E-state index in [0.717, 1.165) is 24.6 Å². The number of benzene rings is 1. The maximum Gasteiger partial charge on any atom is 0.268 e. The Labute approximate surface area is 176 Å². The van der Waals surface area contributed by atoms with Crippen LogP contribution in [0.5, 0.6) is 0 Å². The number of aromatic nitrogens is 2. The van der Waals surface area contributed by atoms with Crippen molar-refractivity contribution in [3.05, 3.63) is 75.3 Å². The van der Waals surface area contributed by atoms with Crippen molar-refractivity contribution in [1.29, 1.82) is 0 Å². The van der Waals surface area contributed by atoms with Gasteiger partial charge in [-0.3, -0.25) is 14.6 Å². The molecule has 1 aliphatic rings. The molecule has 31 heavy (non-hydrogen) atoms. The molecule has 7 nitrogen and oxygen atoms in total. The van der Waals surface area contributed by atoms with Gasteiger partial charge in [0.15, 0.2) is 17.1 Å². The maximum atomic E-state index is 12.5. The van der Waals surface area contributed by atoms with Crippen LogP contribution in [-0.2, 0) is 11.3 Å². The lowest BCUT2D eigenvalue weighted by molar-refractivity contribution is 0.0147. The standard InChI is InChI=1S/C15H17N3O3.C7H6F2O/c1-8-2-3-9(7-21-8)11-6-12(19)13-10(18-11)4-5-17-14(13)15(16)20;8-6-3-1-2-5(4-10)7(6)9/h4-6,8-9H,2-3,7H2,1H3,(H2,16,20)(H,18,19);1-3,10H,4H2. The molecule has 1 aromatic carbocycles. The summed E-state index contributed by atoms with van der Waals surface area (Å²) in [6, 6.07) is 6.90. The summed E-state index contributed by atoms with van der Waals surface area (Å²) in [6.45, 7) is 2.17. The first-order valence-electron chi connectivity index (χ1n) is 9.78. The van der Waals surface area contributed by atoms with E-state index >= 15 is 0 Å². The molecule has 0 aliphatic carbocycles. The summed E-state index contributed by atoms with van der Waals surface area (Å²) in [5, 5.41) is 8.69. The van der Waals surface area contributed by atoms with Gasteiger partial charge in [-0.1, -0.05) is 12.1 Å². The Balaban J connectivity index is 0.000000229. The topological polar surface area (TPSA) is 118 Å². The molecule has 2 atom stereocenters. The zero-order chi connectivity index (χ0) is 22.5. The quantitative estimate of drug-likeness (QED) is 0.589. The number of H-pyrrole nitrogens is 1. The Morgan fingerprint density at radius 3 is 2.71 bits per heavy atom. The van der Waals surface area contributed by atoms with E-state index in [-0.39, 0.29) is 34.1 Å². The molecular weight excluding hydrogens is 408 g/mol. The molecule has 3 heterocycles. The number of pyridine rings is 2. The van der Waals surface area contributed by atoms with Gasteiger partial charge in [0.2, 0.25) is 0 Å². The van der Waals surface area contributed by atoms with Crippen LogP contribution < -0.4 is 11.2 Å². The van der Waals surface area contributed by atoms with E-state index in [0.29, 0.717) is 12.1 Å². The van der Waals surface area contributed by atoms with Crippen molar-refractivity contribution < 1.29 is 23.4 Å². The third kappa shape index (κ3) is 5.12. The van der Waals surface area contributed by atoms with Gasteiger partial charge in [0.25, 0.3) is 5.91 Å². The number of carbonyl (C=O) groups is 1. The van der Waals surface area contributed by atoms with Crippen LogP contribution in [0.15, 0.2) is 41.3 Å². The smallest absolute Gasteiger partial charge is 0.268 e.